The van der Waals surface area contributed by atoms with Crippen molar-refractivity contribution in [1.29, 1.82) is 0 Å². The number of thiazole rings is 1. The van der Waals surface area contributed by atoms with Gasteiger partial charge in [0.1, 0.15) is 0 Å². The average Bonchev–Trinajstić information content (AvgIpc) is 3.14. The van der Waals surface area contributed by atoms with Crippen molar-refractivity contribution in [3.8, 4) is 0 Å². The molecular weight excluding hydrogens is 398 g/mol. The van der Waals surface area contributed by atoms with Crippen LogP contribution < -0.4 is 5.32 Å². The van der Waals surface area contributed by atoms with E-state index in [1.165, 1.54) is 15.3 Å². The van der Waals surface area contributed by atoms with E-state index < -0.39 is 0 Å². The molecule has 0 radical (unpaired) electrons. The van der Waals surface area contributed by atoms with Crippen LogP contribution in [0.2, 0.25) is 0 Å². The maximum atomic E-state index is 12.3. The number of fused-ring (bicyclic) bond motifs is 1. The number of nitrogens with one attached hydrogen (secondary N) is 1. The van der Waals surface area contributed by atoms with Crippen LogP contribution in [0.15, 0.2) is 65.6 Å². The first kappa shape index (κ1) is 20.1. The summed E-state index contributed by atoms with van der Waals surface area (Å²) in [6, 6.07) is 20.9. The van der Waals surface area contributed by atoms with E-state index in [4.69, 9.17) is 0 Å². The number of hydrogen-bond acceptors (Lipinski definition) is 5. The van der Waals surface area contributed by atoms with Crippen LogP contribution >= 0.6 is 23.1 Å². The summed E-state index contributed by atoms with van der Waals surface area (Å²) in [6.07, 6.45) is 2.34. The van der Waals surface area contributed by atoms with Gasteiger partial charge in [0.25, 0.3) is 0 Å². The lowest BCUT2D eigenvalue weighted by Gasteiger charge is -2.25. The number of aromatic nitrogens is 1. The molecule has 0 spiro atoms. The molecular formula is C23H25N3OS2. The fraction of sp³-hybridized carbons (Fsp3) is 0.304. The van der Waals surface area contributed by atoms with Gasteiger partial charge in [-0.25, -0.2) is 4.98 Å². The number of anilines is 1. The Morgan fingerprint density at radius 1 is 1.10 bits per heavy atom. The minimum absolute atomic E-state index is 0.0610. The van der Waals surface area contributed by atoms with E-state index in [-0.39, 0.29) is 5.91 Å². The number of thioether (sulfide) groups is 1. The van der Waals surface area contributed by atoms with Crippen molar-refractivity contribution in [2.24, 2.45) is 0 Å². The third kappa shape index (κ3) is 5.92. The van der Waals surface area contributed by atoms with Crippen LogP contribution in [0.1, 0.15) is 29.0 Å². The maximum absolute atomic E-state index is 12.3. The predicted molar refractivity (Wildman–Crippen MR) is 121 cm³/mol. The largest absolute Gasteiger partial charge is 0.302 e. The third-order valence-corrected chi connectivity index (χ3v) is 6.96. The molecule has 0 aliphatic carbocycles. The highest BCUT2D eigenvalue weighted by Gasteiger charge is 2.21. The van der Waals surface area contributed by atoms with Gasteiger partial charge in [-0.2, -0.15) is 0 Å². The van der Waals surface area contributed by atoms with Crippen LogP contribution in [0.4, 0.5) is 5.13 Å². The molecule has 0 atom stereocenters. The number of hydrogen-bond donors (Lipinski definition) is 1. The van der Waals surface area contributed by atoms with E-state index in [2.05, 4.69) is 57.7 Å². The number of carbonyl (C=O) groups excluding carboxylic acids is 1. The first-order valence-electron chi connectivity index (χ1n) is 9.99. The van der Waals surface area contributed by atoms with Crippen molar-refractivity contribution in [3.63, 3.8) is 0 Å². The Bertz CT molecular complexity index is 928. The zero-order chi connectivity index (χ0) is 19.9. The molecule has 0 bridgehead atoms. The average molecular weight is 424 g/mol. The van der Waals surface area contributed by atoms with E-state index in [9.17, 15) is 4.79 Å². The fourth-order valence-corrected chi connectivity index (χ4v) is 5.34. The molecule has 0 saturated carbocycles. The summed E-state index contributed by atoms with van der Waals surface area (Å²) in [5, 5.41) is 3.75. The van der Waals surface area contributed by atoms with Gasteiger partial charge in [-0.05, 0) is 29.9 Å². The number of carbonyl (C=O) groups is 1. The molecule has 0 fully saturated rings. The molecule has 0 saturated heterocycles. The summed E-state index contributed by atoms with van der Waals surface area (Å²) < 4.78 is 0. The highest BCUT2D eigenvalue weighted by Crippen LogP contribution is 2.29. The molecule has 1 N–H and O–H groups in total. The second-order valence-corrected chi connectivity index (χ2v) is 9.40. The van der Waals surface area contributed by atoms with Crippen molar-refractivity contribution in [2.75, 3.05) is 17.6 Å². The van der Waals surface area contributed by atoms with Crippen LogP contribution in [-0.2, 0) is 24.3 Å². The summed E-state index contributed by atoms with van der Waals surface area (Å²) in [5.74, 6) is 1.01. The van der Waals surface area contributed by atoms with Crippen molar-refractivity contribution in [2.45, 2.75) is 37.2 Å². The minimum Gasteiger partial charge on any atom is -0.302 e. The highest BCUT2D eigenvalue weighted by molar-refractivity contribution is 7.99. The second kappa shape index (κ2) is 10.1. The van der Waals surface area contributed by atoms with Crippen molar-refractivity contribution in [1.82, 2.24) is 9.88 Å². The van der Waals surface area contributed by atoms with E-state index in [0.29, 0.717) is 6.42 Å². The Balaban J connectivity index is 1.23. The summed E-state index contributed by atoms with van der Waals surface area (Å²) in [7, 11) is 0. The van der Waals surface area contributed by atoms with E-state index in [1.54, 1.807) is 23.1 Å². The Morgan fingerprint density at radius 2 is 1.86 bits per heavy atom. The van der Waals surface area contributed by atoms with Crippen LogP contribution in [-0.4, -0.2) is 28.1 Å². The Morgan fingerprint density at radius 3 is 2.66 bits per heavy atom. The molecule has 29 heavy (non-hydrogen) atoms. The Hall–Kier alpha value is -2.15. The van der Waals surface area contributed by atoms with Crippen LogP contribution in [0.5, 0.6) is 0 Å². The van der Waals surface area contributed by atoms with Crippen LogP contribution in [0.3, 0.4) is 0 Å². The van der Waals surface area contributed by atoms with E-state index >= 15 is 0 Å². The van der Waals surface area contributed by atoms with E-state index in [0.717, 1.165) is 49.1 Å². The molecule has 2 heterocycles. The molecule has 1 aliphatic rings. The molecule has 3 aromatic rings. The van der Waals surface area contributed by atoms with Gasteiger partial charge in [0.05, 0.1) is 5.69 Å². The van der Waals surface area contributed by atoms with Gasteiger partial charge in [0.15, 0.2) is 5.13 Å². The van der Waals surface area contributed by atoms with E-state index in [1.807, 2.05) is 18.2 Å². The van der Waals surface area contributed by atoms with Gasteiger partial charge in [-0.1, -0.05) is 48.5 Å². The second-order valence-electron chi connectivity index (χ2n) is 7.15. The van der Waals surface area contributed by atoms with Gasteiger partial charge in [-0.15, -0.1) is 23.1 Å². The zero-order valence-corrected chi connectivity index (χ0v) is 18.0. The summed E-state index contributed by atoms with van der Waals surface area (Å²) in [6.45, 7) is 2.88. The number of benzene rings is 2. The molecule has 150 valence electrons. The Kier molecular flexibility index (Phi) is 6.98. The SMILES string of the molecule is O=C(CCCSc1ccccc1)Nc1nc2c(s1)CN(Cc1ccccc1)CC2. The van der Waals surface area contributed by atoms with Gasteiger partial charge < -0.3 is 5.32 Å². The predicted octanol–water partition coefficient (Wildman–Crippen LogP) is 5.21. The van der Waals surface area contributed by atoms with Crippen molar-refractivity contribution >= 4 is 34.1 Å². The van der Waals surface area contributed by atoms with Gasteiger partial charge in [0, 0.05) is 42.2 Å². The first-order chi connectivity index (χ1) is 14.3. The van der Waals surface area contributed by atoms with Crippen molar-refractivity contribution < 1.29 is 4.79 Å². The lowest BCUT2D eigenvalue weighted by atomic mass is 10.1. The molecule has 1 aromatic heterocycles. The molecule has 4 rings (SSSR count). The normalized spacial score (nSPS) is 13.8. The molecule has 4 nitrogen and oxygen atoms in total. The molecule has 6 heteroatoms. The molecule has 1 amide bonds. The standard InChI is InChI=1S/C23H25N3OS2/c27-22(12-7-15-28-19-10-5-2-6-11-19)25-23-24-20-13-14-26(17-21(20)29-23)16-18-8-3-1-4-9-18/h1-6,8-11H,7,12-17H2,(H,24,25,27). The summed E-state index contributed by atoms with van der Waals surface area (Å²) in [4.78, 5) is 21.9. The van der Waals surface area contributed by atoms with Gasteiger partial charge in [-0.3, -0.25) is 9.69 Å². The molecule has 0 unspecified atom stereocenters. The maximum Gasteiger partial charge on any atom is 0.226 e. The first-order valence-corrected chi connectivity index (χ1v) is 11.8. The van der Waals surface area contributed by atoms with Gasteiger partial charge in [0.2, 0.25) is 5.91 Å². The lowest BCUT2D eigenvalue weighted by Crippen LogP contribution is -2.29. The number of nitrogens with zero attached hydrogens (tertiary/aromatic N) is 2. The van der Waals surface area contributed by atoms with Crippen LogP contribution in [0, 0.1) is 0 Å². The van der Waals surface area contributed by atoms with Crippen LogP contribution in [0.25, 0.3) is 0 Å². The molecule has 2 aromatic carbocycles. The zero-order valence-electron chi connectivity index (χ0n) is 16.3. The number of rotatable bonds is 8. The van der Waals surface area contributed by atoms with Crippen molar-refractivity contribution in [3.05, 3.63) is 76.8 Å². The number of amides is 1. The monoisotopic (exact) mass is 423 g/mol. The summed E-state index contributed by atoms with van der Waals surface area (Å²) >= 11 is 3.42. The highest BCUT2D eigenvalue weighted by atomic mass is 32.2. The quantitative estimate of drug-likeness (QED) is 0.399. The fourth-order valence-electron chi connectivity index (χ4n) is 3.40. The third-order valence-electron chi connectivity index (χ3n) is 4.87. The lowest BCUT2D eigenvalue weighted by molar-refractivity contribution is -0.116. The van der Waals surface area contributed by atoms with Gasteiger partial charge >= 0.3 is 0 Å². The molecule has 1 aliphatic heterocycles. The minimum atomic E-state index is 0.0610. The summed E-state index contributed by atoms with van der Waals surface area (Å²) in [5.41, 5.74) is 2.48. The smallest absolute Gasteiger partial charge is 0.226 e. The Labute approximate surface area is 180 Å². The topological polar surface area (TPSA) is 45.2 Å².